The Labute approximate surface area is 123 Å². The van der Waals surface area contributed by atoms with Gasteiger partial charge in [-0.2, -0.15) is 0 Å². The summed E-state index contributed by atoms with van der Waals surface area (Å²) in [6, 6.07) is 2.20. The van der Waals surface area contributed by atoms with Crippen LogP contribution in [-0.4, -0.2) is 25.2 Å². The molecule has 3 atom stereocenters. The molecule has 112 valence electrons. The Morgan fingerprint density at radius 1 is 1.35 bits per heavy atom. The maximum absolute atomic E-state index is 5.73. The molecule has 1 N–H and O–H groups in total. The minimum Gasteiger partial charge on any atom is -0.492 e. The molecule has 0 aliphatic heterocycles. The van der Waals surface area contributed by atoms with Crippen molar-refractivity contribution < 1.29 is 4.74 Å². The quantitative estimate of drug-likeness (QED) is 0.862. The van der Waals surface area contributed by atoms with E-state index in [2.05, 4.69) is 30.2 Å². The monoisotopic (exact) mass is 276 g/mol. The van der Waals surface area contributed by atoms with Crippen molar-refractivity contribution in [3.05, 3.63) is 24.0 Å². The van der Waals surface area contributed by atoms with E-state index in [0.717, 1.165) is 37.2 Å². The molecule has 0 bridgehead atoms. The van der Waals surface area contributed by atoms with E-state index in [1.807, 2.05) is 19.4 Å². The molecule has 1 aromatic rings. The fourth-order valence-corrected chi connectivity index (χ4v) is 3.30. The normalized spacial score (nSPS) is 26.4. The summed E-state index contributed by atoms with van der Waals surface area (Å²) in [5.74, 6) is 3.07. The lowest BCUT2D eigenvalue weighted by molar-refractivity contribution is 0.243. The molecule has 0 radical (unpaired) electrons. The van der Waals surface area contributed by atoms with Crippen LogP contribution < -0.4 is 10.1 Å². The second-order valence-electron chi connectivity index (χ2n) is 6.14. The number of hydrogen-bond acceptors (Lipinski definition) is 3. The SMILES string of the molecule is CCCOc1cncc(C2CC(C)CCC2CNC)c1. The zero-order valence-electron chi connectivity index (χ0n) is 13.1. The predicted molar refractivity (Wildman–Crippen MR) is 83.2 cm³/mol. The summed E-state index contributed by atoms with van der Waals surface area (Å²) >= 11 is 0. The first-order chi connectivity index (χ1) is 9.74. The third-order valence-electron chi connectivity index (χ3n) is 4.36. The molecular weight excluding hydrogens is 248 g/mol. The largest absolute Gasteiger partial charge is 0.492 e. The maximum Gasteiger partial charge on any atom is 0.137 e. The molecule has 1 aliphatic carbocycles. The topological polar surface area (TPSA) is 34.1 Å². The van der Waals surface area contributed by atoms with Gasteiger partial charge in [0.1, 0.15) is 5.75 Å². The van der Waals surface area contributed by atoms with Crippen LogP contribution in [0.2, 0.25) is 0 Å². The van der Waals surface area contributed by atoms with Crippen LogP contribution in [0.1, 0.15) is 51.0 Å². The van der Waals surface area contributed by atoms with Gasteiger partial charge < -0.3 is 10.1 Å². The van der Waals surface area contributed by atoms with E-state index in [0.29, 0.717) is 5.92 Å². The van der Waals surface area contributed by atoms with E-state index >= 15 is 0 Å². The number of aromatic nitrogens is 1. The van der Waals surface area contributed by atoms with Gasteiger partial charge in [0.05, 0.1) is 12.8 Å². The van der Waals surface area contributed by atoms with Gasteiger partial charge in [-0.3, -0.25) is 4.98 Å². The highest BCUT2D eigenvalue weighted by molar-refractivity contribution is 5.27. The van der Waals surface area contributed by atoms with Crippen LogP contribution in [0.5, 0.6) is 5.75 Å². The summed E-state index contributed by atoms with van der Waals surface area (Å²) in [6.45, 7) is 6.36. The lowest BCUT2D eigenvalue weighted by Gasteiger charge is -2.35. The molecule has 0 amide bonds. The van der Waals surface area contributed by atoms with Crippen LogP contribution in [0.3, 0.4) is 0 Å². The molecule has 1 fully saturated rings. The second kappa shape index (κ2) is 7.63. The third-order valence-corrected chi connectivity index (χ3v) is 4.36. The van der Waals surface area contributed by atoms with Crippen molar-refractivity contribution in [3.63, 3.8) is 0 Å². The van der Waals surface area contributed by atoms with Crippen LogP contribution in [0.25, 0.3) is 0 Å². The summed E-state index contributed by atoms with van der Waals surface area (Å²) in [4.78, 5) is 4.39. The van der Waals surface area contributed by atoms with Crippen molar-refractivity contribution in [2.75, 3.05) is 20.2 Å². The van der Waals surface area contributed by atoms with Crippen molar-refractivity contribution in [1.82, 2.24) is 10.3 Å². The Kier molecular flexibility index (Phi) is 5.84. The van der Waals surface area contributed by atoms with Gasteiger partial charge in [-0.25, -0.2) is 0 Å². The van der Waals surface area contributed by atoms with Gasteiger partial charge in [0.15, 0.2) is 0 Å². The highest BCUT2D eigenvalue weighted by Gasteiger charge is 2.29. The van der Waals surface area contributed by atoms with E-state index in [1.54, 1.807) is 0 Å². The van der Waals surface area contributed by atoms with Gasteiger partial charge in [-0.05, 0) is 62.2 Å². The Bertz CT molecular complexity index is 408. The summed E-state index contributed by atoms with van der Waals surface area (Å²) in [5.41, 5.74) is 1.35. The number of hydrogen-bond donors (Lipinski definition) is 1. The summed E-state index contributed by atoms with van der Waals surface area (Å²) in [5, 5.41) is 3.35. The molecule has 2 rings (SSSR count). The Balaban J connectivity index is 2.13. The summed E-state index contributed by atoms with van der Waals surface area (Å²) < 4.78 is 5.73. The molecule has 1 heterocycles. The maximum atomic E-state index is 5.73. The zero-order valence-corrected chi connectivity index (χ0v) is 13.1. The smallest absolute Gasteiger partial charge is 0.137 e. The van der Waals surface area contributed by atoms with Gasteiger partial charge in [0, 0.05) is 6.20 Å². The fourth-order valence-electron chi connectivity index (χ4n) is 3.30. The predicted octanol–water partition coefficient (Wildman–Crippen LogP) is 3.61. The van der Waals surface area contributed by atoms with Crippen LogP contribution in [0.15, 0.2) is 18.5 Å². The first-order valence-electron chi connectivity index (χ1n) is 7.97. The Morgan fingerprint density at radius 2 is 2.20 bits per heavy atom. The highest BCUT2D eigenvalue weighted by atomic mass is 16.5. The molecule has 0 saturated heterocycles. The van der Waals surface area contributed by atoms with Crippen molar-refractivity contribution in [3.8, 4) is 5.75 Å². The molecule has 3 unspecified atom stereocenters. The van der Waals surface area contributed by atoms with Gasteiger partial charge >= 0.3 is 0 Å². The van der Waals surface area contributed by atoms with Crippen LogP contribution >= 0.6 is 0 Å². The molecule has 3 nitrogen and oxygen atoms in total. The zero-order chi connectivity index (χ0) is 14.4. The number of pyridine rings is 1. The fraction of sp³-hybridized carbons (Fsp3) is 0.706. The molecule has 1 aliphatic rings. The standard InChI is InChI=1S/C17H28N2O/c1-4-7-20-16-9-15(11-19-12-16)17-8-13(2)5-6-14(17)10-18-3/h9,11-14,17-18H,4-8,10H2,1-3H3. The van der Waals surface area contributed by atoms with Crippen molar-refractivity contribution in [1.29, 1.82) is 0 Å². The van der Waals surface area contributed by atoms with E-state index < -0.39 is 0 Å². The van der Waals surface area contributed by atoms with E-state index in [1.165, 1.54) is 24.8 Å². The van der Waals surface area contributed by atoms with Gasteiger partial charge in [0.2, 0.25) is 0 Å². The number of nitrogens with zero attached hydrogens (tertiary/aromatic N) is 1. The van der Waals surface area contributed by atoms with Crippen molar-refractivity contribution >= 4 is 0 Å². The number of rotatable bonds is 6. The van der Waals surface area contributed by atoms with Crippen LogP contribution in [-0.2, 0) is 0 Å². The van der Waals surface area contributed by atoms with Crippen molar-refractivity contribution in [2.24, 2.45) is 11.8 Å². The number of nitrogens with one attached hydrogen (secondary N) is 1. The third kappa shape index (κ3) is 3.95. The molecule has 0 spiro atoms. The molecule has 1 saturated carbocycles. The van der Waals surface area contributed by atoms with Gasteiger partial charge in [-0.1, -0.05) is 20.3 Å². The first kappa shape index (κ1) is 15.3. The minimum atomic E-state index is 0.615. The second-order valence-corrected chi connectivity index (χ2v) is 6.14. The lowest BCUT2D eigenvalue weighted by Crippen LogP contribution is -2.30. The van der Waals surface area contributed by atoms with Crippen LogP contribution in [0, 0.1) is 11.8 Å². The van der Waals surface area contributed by atoms with E-state index in [4.69, 9.17) is 4.74 Å². The average Bonchev–Trinajstić information content (AvgIpc) is 2.47. The summed E-state index contributed by atoms with van der Waals surface area (Å²) in [6.07, 6.45) is 8.83. The molecular formula is C17H28N2O. The van der Waals surface area contributed by atoms with Gasteiger partial charge in [0.25, 0.3) is 0 Å². The lowest BCUT2D eigenvalue weighted by atomic mass is 9.72. The Hall–Kier alpha value is -1.09. The molecule has 1 aromatic heterocycles. The van der Waals surface area contributed by atoms with E-state index in [9.17, 15) is 0 Å². The van der Waals surface area contributed by atoms with E-state index in [-0.39, 0.29) is 0 Å². The van der Waals surface area contributed by atoms with Crippen LogP contribution in [0.4, 0.5) is 0 Å². The molecule has 20 heavy (non-hydrogen) atoms. The van der Waals surface area contributed by atoms with Crippen molar-refractivity contribution in [2.45, 2.75) is 45.4 Å². The Morgan fingerprint density at radius 3 is 2.95 bits per heavy atom. The first-order valence-corrected chi connectivity index (χ1v) is 7.97. The molecule has 3 heteroatoms. The van der Waals surface area contributed by atoms with Gasteiger partial charge in [-0.15, -0.1) is 0 Å². The average molecular weight is 276 g/mol. The highest BCUT2D eigenvalue weighted by Crippen LogP contribution is 2.40. The minimum absolute atomic E-state index is 0.615. The summed E-state index contributed by atoms with van der Waals surface area (Å²) in [7, 11) is 2.05. The molecule has 0 aromatic carbocycles. The number of ether oxygens (including phenoxy) is 1.